The normalized spacial score (nSPS) is 17.8. The topological polar surface area (TPSA) is 57.6 Å². The monoisotopic (exact) mass is 315 g/mol. The highest BCUT2D eigenvalue weighted by Crippen LogP contribution is 2.25. The summed E-state index contributed by atoms with van der Waals surface area (Å²) in [6, 6.07) is 13.5. The molecule has 0 bridgehead atoms. The van der Waals surface area contributed by atoms with E-state index in [4.69, 9.17) is 5.11 Å². The molecule has 0 saturated carbocycles. The Morgan fingerprint density at radius 3 is 2.73 bits per heavy atom. The lowest BCUT2D eigenvalue weighted by atomic mass is 10.1. The molecule has 0 spiro atoms. The van der Waals surface area contributed by atoms with Gasteiger partial charge < -0.3 is 10.0 Å². The maximum absolute atomic E-state index is 12.2. The van der Waals surface area contributed by atoms with Gasteiger partial charge in [0.15, 0.2) is 0 Å². The predicted octanol–water partition coefficient (Wildman–Crippen LogP) is 3.01. The van der Waals surface area contributed by atoms with Crippen molar-refractivity contribution in [3.8, 4) is 0 Å². The minimum absolute atomic E-state index is 0.0944. The van der Waals surface area contributed by atoms with E-state index in [1.807, 2.05) is 30.3 Å². The molecule has 1 amide bonds. The number of rotatable bonds is 4. The van der Waals surface area contributed by atoms with Crippen LogP contribution in [0.5, 0.6) is 0 Å². The molecule has 22 heavy (non-hydrogen) atoms. The van der Waals surface area contributed by atoms with Gasteiger partial charge in [0, 0.05) is 11.4 Å². The van der Waals surface area contributed by atoms with Crippen LogP contribution in [-0.2, 0) is 9.59 Å². The summed E-state index contributed by atoms with van der Waals surface area (Å²) in [7, 11) is 0. The third-order valence-electron chi connectivity index (χ3n) is 3.94. The van der Waals surface area contributed by atoms with Crippen LogP contribution in [0.3, 0.4) is 0 Å². The van der Waals surface area contributed by atoms with E-state index in [2.05, 4.69) is 12.1 Å². The van der Waals surface area contributed by atoms with Crippen molar-refractivity contribution in [2.75, 3.05) is 12.3 Å². The molecule has 5 heteroatoms. The Balaban J connectivity index is 1.66. The van der Waals surface area contributed by atoms with Crippen LogP contribution >= 0.6 is 11.8 Å². The third kappa shape index (κ3) is 3.09. The Bertz CT molecular complexity index is 716. The molecule has 1 atom stereocenters. The second-order valence-electron chi connectivity index (χ2n) is 5.38. The summed E-state index contributed by atoms with van der Waals surface area (Å²) >= 11 is 1.46. The molecule has 1 heterocycles. The molecular weight excluding hydrogens is 298 g/mol. The highest BCUT2D eigenvalue weighted by Gasteiger charge is 2.33. The maximum atomic E-state index is 12.2. The number of hydrogen-bond donors (Lipinski definition) is 1. The average molecular weight is 315 g/mol. The minimum Gasteiger partial charge on any atom is -0.480 e. The summed E-state index contributed by atoms with van der Waals surface area (Å²) < 4.78 is 0. The first-order valence-electron chi connectivity index (χ1n) is 7.29. The lowest BCUT2D eigenvalue weighted by Crippen LogP contribution is -2.41. The number of thioether (sulfide) groups is 1. The maximum Gasteiger partial charge on any atom is 0.326 e. The smallest absolute Gasteiger partial charge is 0.326 e. The van der Waals surface area contributed by atoms with E-state index < -0.39 is 12.0 Å². The van der Waals surface area contributed by atoms with Crippen LogP contribution < -0.4 is 0 Å². The van der Waals surface area contributed by atoms with Gasteiger partial charge >= 0.3 is 5.97 Å². The number of fused-ring (bicyclic) bond motifs is 1. The van der Waals surface area contributed by atoms with Gasteiger partial charge in [0.05, 0.1) is 5.75 Å². The molecule has 1 saturated heterocycles. The highest BCUT2D eigenvalue weighted by molar-refractivity contribution is 8.00. The highest BCUT2D eigenvalue weighted by atomic mass is 32.2. The van der Waals surface area contributed by atoms with Crippen molar-refractivity contribution in [1.82, 2.24) is 4.90 Å². The van der Waals surface area contributed by atoms with Gasteiger partial charge in [-0.1, -0.05) is 30.3 Å². The van der Waals surface area contributed by atoms with E-state index in [9.17, 15) is 9.59 Å². The number of benzene rings is 2. The Morgan fingerprint density at radius 1 is 1.18 bits per heavy atom. The van der Waals surface area contributed by atoms with E-state index in [1.165, 1.54) is 22.0 Å². The predicted molar refractivity (Wildman–Crippen MR) is 87.0 cm³/mol. The zero-order valence-electron chi connectivity index (χ0n) is 12.1. The van der Waals surface area contributed by atoms with Crippen molar-refractivity contribution < 1.29 is 14.7 Å². The molecule has 1 fully saturated rings. The van der Waals surface area contributed by atoms with E-state index in [1.54, 1.807) is 0 Å². The first kappa shape index (κ1) is 14.9. The van der Waals surface area contributed by atoms with Gasteiger partial charge in [0.25, 0.3) is 0 Å². The first-order chi connectivity index (χ1) is 10.6. The fourth-order valence-corrected chi connectivity index (χ4v) is 3.64. The number of carbonyl (C=O) groups is 2. The first-order valence-corrected chi connectivity index (χ1v) is 8.27. The van der Waals surface area contributed by atoms with Crippen molar-refractivity contribution in [3.63, 3.8) is 0 Å². The second kappa shape index (κ2) is 6.40. The molecule has 2 aromatic rings. The molecule has 2 aromatic carbocycles. The van der Waals surface area contributed by atoms with Crippen molar-refractivity contribution in [2.45, 2.75) is 23.8 Å². The summed E-state index contributed by atoms with van der Waals surface area (Å²) in [6.45, 7) is 0.550. The van der Waals surface area contributed by atoms with Gasteiger partial charge in [-0.2, -0.15) is 0 Å². The van der Waals surface area contributed by atoms with E-state index in [-0.39, 0.29) is 11.7 Å². The molecule has 0 radical (unpaired) electrons. The number of carboxylic acids is 1. The van der Waals surface area contributed by atoms with Crippen LogP contribution in [-0.4, -0.2) is 40.2 Å². The number of nitrogens with zero attached hydrogens (tertiary/aromatic N) is 1. The van der Waals surface area contributed by atoms with Crippen LogP contribution in [0.15, 0.2) is 47.4 Å². The van der Waals surface area contributed by atoms with Gasteiger partial charge in [-0.05, 0) is 35.7 Å². The van der Waals surface area contributed by atoms with E-state index >= 15 is 0 Å². The lowest BCUT2D eigenvalue weighted by Gasteiger charge is -2.21. The number of likely N-dealkylation sites (tertiary alicyclic amines) is 1. The number of hydrogen-bond acceptors (Lipinski definition) is 3. The molecule has 0 aliphatic carbocycles. The molecule has 4 nitrogen and oxygen atoms in total. The van der Waals surface area contributed by atoms with E-state index in [0.29, 0.717) is 13.0 Å². The third-order valence-corrected chi connectivity index (χ3v) is 4.92. The molecule has 3 rings (SSSR count). The van der Waals surface area contributed by atoms with Gasteiger partial charge in [0.1, 0.15) is 6.04 Å². The SMILES string of the molecule is O=C(O)[C@H]1CCCN1C(=O)CSc1ccc2ccccc2c1. The summed E-state index contributed by atoms with van der Waals surface area (Å²) in [5.41, 5.74) is 0. The zero-order chi connectivity index (χ0) is 15.5. The Labute approximate surface area is 133 Å². The lowest BCUT2D eigenvalue weighted by molar-refractivity contribution is -0.147. The Morgan fingerprint density at radius 2 is 1.95 bits per heavy atom. The van der Waals surface area contributed by atoms with Gasteiger partial charge in [-0.3, -0.25) is 4.79 Å². The van der Waals surface area contributed by atoms with Crippen LogP contribution in [0.1, 0.15) is 12.8 Å². The van der Waals surface area contributed by atoms with Gasteiger partial charge in [0.2, 0.25) is 5.91 Å². The zero-order valence-corrected chi connectivity index (χ0v) is 12.9. The number of carboxylic acid groups (broad SMARTS) is 1. The molecule has 0 unspecified atom stereocenters. The molecule has 1 aliphatic heterocycles. The van der Waals surface area contributed by atoms with Gasteiger partial charge in [-0.25, -0.2) is 4.79 Å². The summed E-state index contributed by atoms with van der Waals surface area (Å²) in [5, 5.41) is 11.4. The van der Waals surface area contributed by atoms with Crippen LogP contribution in [0.4, 0.5) is 0 Å². The number of amides is 1. The largest absolute Gasteiger partial charge is 0.480 e. The van der Waals surface area contributed by atoms with Crippen molar-refractivity contribution in [1.29, 1.82) is 0 Å². The van der Waals surface area contributed by atoms with E-state index in [0.717, 1.165) is 16.7 Å². The summed E-state index contributed by atoms with van der Waals surface area (Å²) in [5.74, 6) is -0.716. The van der Waals surface area contributed by atoms with Crippen LogP contribution in [0.2, 0.25) is 0 Å². The van der Waals surface area contributed by atoms with Crippen LogP contribution in [0, 0.1) is 0 Å². The van der Waals surface area contributed by atoms with Gasteiger partial charge in [-0.15, -0.1) is 11.8 Å². The standard InChI is InChI=1S/C17H17NO3S/c19-16(18-9-3-6-15(18)17(20)21)11-22-14-8-7-12-4-1-2-5-13(12)10-14/h1-2,4-5,7-8,10,15H,3,6,9,11H2,(H,20,21)/t15-/m1/s1. The summed E-state index contributed by atoms with van der Waals surface area (Å²) in [6.07, 6.45) is 1.32. The quantitative estimate of drug-likeness (QED) is 0.881. The fraction of sp³-hybridized carbons (Fsp3) is 0.294. The molecule has 0 aromatic heterocycles. The fourth-order valence-electron chi connectivity index (χ4n) is 2.81. The van der Waals surface area contributed by atoms with Crippen molar-refractivity contribution in [2.24, 2.45) is 0 Å². The Kier molecular flexibility index (Phi) is 4.34. The molecule has 114 valence electrons. The average Bonchev–Trinajstić information content (AvgIpc) is 3.02. The molecule has 1 N–H and O–H groups in total. The second-order valence-corrected chi connectivity index (χ2v) is 6.43. The molecule has 1 aliphatic rings. The molecular formula is C17H17NO3S. The van der Waals surface area contributed by atoms with Crippen LogP contribution in [0.25, 0.3) is 10.8 Å². The van der Waals surface area contributed by atoms with Crippen molar-refractivity contribution in [3.05, 3.63) is 42.5 Å². The minimum atomic E-state index is -0.901. The van der Waals surface area contributed by atoms with Crippen molar-refractivity contribution >= 4 is 34.4 Å². The summed E-state index contributed by atoms with van der Waals surface area (Å²) in [4.78, 5) is 25.9. The number of aliphatic carboxylic acids is 1. The number of carbonyl (C=O) groups excluding carboxylic acids is 1. The Hall–Kier alpha value is -2.01.